The molecular weight excluding hydrogens is 320 g/mol. The third kappa shape index (κ3) is 5.31. The lowest BCUT2D eigenvalue weighted by atomic mass is 10.3. The van der Waals surface area contributed by atoms with Crippen LogP contribution >= 0.6 is 0 Å². The Kier molecular flexibility index (Phi) is 5.97. The van der Waals surface area contributed by atoms with E-state index in [0.717, 1.165) is 0 Å². The van der Waals surface area contributed by atoms with Gasteiger partial charge in [0, 0.05) is 26.2 Å². The average molecular weight is 339 g/mol. The van der Waals surface area contributed by atoms with E-state index in [0.29, 0.717) is 5.82 Å². The number of nitrogens with zero attached hydrogens (tertiary/aromatic N) is 2. The highest BCUT2D eigenvalue weighted by Gasteiger charge is 2.27. The molecule has 1 rings (SSSR count). The minimum atomic E-state index is -3.84. The second-order valence-electron chi connectivity index (χ2n) is 4.72. The van der Waals surface area contributed by atoms with Gasteiger partial charge in [-0.15, -0.1) is 0 Å². The van der Waals surface area contributed by atoms with Crippen LogP contribution in [0.1, 0.15) is 12.2 Å². The number of aromatic nitrogens is 2. The summed E-state index contributed by atoms with van der Waals surface area (Å²) in [5.41, 5.74) is 4.83. The molecule has 0 aliphatic rings. The first-order valence-corrected chi connectivity index (χ1v) is 7.90. The fraction of sp³-hybridized carbons (Fsp3) is 0.636. The van der Waals surface area contributed by atoms with E-state index in [2.05, 4.69) is 9.71 Å². The molecule has 1 heterocycles. The van der Waals surface area contributed by atoms with Crippen molar-refractivity contribution in [1.29, 1.82) is 0 Å². The highest BCUT2D eigenvalue weighted by atomic mass is 32.2. The molecule has 8 nitrogen and oxygen atoms in total. The number of alkyl halides is 2. The van der Waals surface area contributed by atoms with Crippen LogP contribution in [0.3, 0.4) is 0 Å². The lowest BCUT2D eigenvalue weighted by Crippen LogP contribution is -2.42. The van der Waals surface area contributed by atoms with Crippen LogP contribution in [-0.2, 0) is 21.9 Å². The maximum atomic E-state index is 12.8. The number of nitrogens with two attached hydrogens (primary N) is 1. The van der Waals surface area contributed by atoms with E-state index in [9.17, 15) is 22.0 Å². The maximum absolute atomic E-state index is 12.8. The van der Waals surface area contributed by atoms with Gasteiger partial charge in [0.05, 0.1) is 13.1 Å². The summed E-state index contributed by atoms with van der Waals surface area (Å²) >= 11 is 0. The van der Waals surface area contributed by atoms with Gasteiger partial charge in [-0.1, -0.05) is 0 Å². The van der Waals surface area contributed by atoms with Gasteiger partial charge in [0.15, 0.2) is 5.03 Å². The van der Waals surface area contributed by atoms with Gasteiger partial charge >= 0.3 is 0 Å². The molecule has 11 heteroatoms. The Morgan fingerprint density at radius 3 is 2.64 bits per heavy atom. The highest BCUT2D eigenvalue weighted by Crippen LogP contribution is 2.09. The minimum absolute atomic E-state index is 0.164. The summed E-state index contributed by atoms with van der Waals surface area (Å²) < 4.78 is 53.1. The maximum Gasteiger partial charge on any atom is 0.277 e. The van der Waals surface area contributed by atoms with Crippen molar-refractivity contribution in [2.45, 2.75) is 24.3 Å². The zero-order valence-corrected chi connectivity index (χ0v) is 13.1. The molecule has 22 heavy (non-hydrogen) atoms. The fourth-order valence-electron chi connectivity index (χ4n) is 1.42. The molecule has 1 amide bonds. The number of hydrogen-bond donors (Lipinski definition) is 3. The Labute approximate surface area is 127 Å². The molecule has 0 unspecified atom stereocenters. The van der Waals surface area contributed by atoms with Crippen molar-refractivity contribution in [3.63, 3.8) is 0 Å². The summed E-state index contributed by atoms with van der Waals surface area (Å²) in [5, 5.41) is 1.83. The lowest BCUT2D eigenvalue weighted by Gasteiger charge is -2.14. The molecule has 0 saturated heterocycles. The third-order valence-corrected chi connectivity index (χ3v) is 4.18. The first-order valence-electron chi connectivity index (χ1n) is 6.41. The molecule has 0 saturated carbocycles. The SMILES string of the molecule is Cc1nc(S(=O)(=O)NCCC(=O)NCC(F)(F)CN)cn1C. The predicted octanol–water partition coefficient (Wildman–Crippen LogP) is -0.893. The van der Waals surface area contributed by atoms with E-state index in [-0.39, 0.29) is 18.0 Å². The number of carbonyl (C=O) groups excluding carboxylic acids is 1. The third-order valence-electron chi connectivity index (χ3n) is 2.85. The number of sulfonamides is 1. The minimum Gasteiger partial charge on any atom is -0.350 e. The van der Waals surface area contributed by atoms with Crippen LogP contribution in [0.25, 0.3) is 0 Å². The summed E-state index contributed by atoms with van der Waals surface area (Å²) in [7, 11) is -2.19. The monoisotopic (exact) mass is 339 g/mol. The predicted molar refractivity (Wildman–Crippen MR) is 74.8 cm³/mol. The van der Waals surface area contributed by atoms with Crippen LogP contribution in [0.2, 0.25) is 0 Å². The zero-order chi connectivity index (χ0) is 17.0. The molecule has 0 spiro atoms. The second-order valence-corrected chi connectivity index (χ2v) is 6.44. The van der Waals surface area contributed by atoms with Gasteiger partial charge in [-0.2, -0.15) is 0 Å². The van der Waals surface area contributed by atoms with Gasteiger partial charge in [0.2, 0.25) is 5.91 Å². The van der Waals surface area contributed by atoms with Crippen LogP contribution in [0.5, 0.6) is 0 Å². The normalized spacial score (nSPS) is 12.4. The number of nitrogens with one attached hydrogen (secondary N) is 2. The molecule has 0 aliphatic heterocycles. The van der Waals surface area contributed by atoms with Crippen molar-refractivity contribution < 1.29 is 22.0 Å². The van der Waals surface area contributed by atoms with E-state index in [4.69, 9.17) is 5.73 Å². The van der Waals surface area contributed by atoms with E-state index in [1.54, 1.807) is 14.0 Å². The van der Waals surface area contributed by atoms with Gasteiger partial charge in [0.25, 0.3) is 15.9 Å². The Morgan fingerprint density at radius 2 is 2.14 bits per heavy atom. The van der Waals surface area contributed by atoms with Gasteiger partial charge in [-0.25, -0.2) is 26.9 Å². The number of amides is 1. The molecule has 0 fully saturated rings. The molecule has 1 aromatic rings. The van der Waals surface area contributed by atoms with Gasteiger partial charge in [0.1, 0.15) is 5.82 Å². The van der Waals surface area contributed by atoms with Crippen molar-refractivity contribution >= 4 is 15.9 Å². The van der Waals surface area contributed by atoms with E-state index < -0.39 is 34.9 Å². The number of hydrogen-bond acceptors (Lipinski definition) is 5. The Bertz CT molecular complexity index is 610. The van der Waals surface area contributed by atoms with Crippen LogP contribution in [-0.4, -0.2) is 49.4 Å². The van der Waals surface area contributed by atoms with Crippen molar-refractivity contribution in [3.05, 3.63) is 12.0 Å². The molecule has 0 aromatic carbocycles. The average Bonchev–Trinajstić information content (AvgIpc) is 2.77. The Hall–Kier alpha value is -1.59. The molecular formula is C11H19F2N5O3S. The van der Waals surface area contributed by atoms with Crippen LogP contribution in [0.4, 0.5) is 8.78 Å². The molecule has 126 valence electrons. The molecule has 4 N–H and O–H groups in total. The summed E-state index contributed by atoms with van der Waals surface area (Å²) in [6.07, 6.45) is 1.06. The summed E-state index contributed by atoms with van der Waals surface area (Å²) in [5.74, 6) is -3.36. The number of imidazole rings is 1. The smallest absolute Gasteiger partial charge is 0.277 e. The van der Waals surface area contributed by atoms with Crippen molar-refractivity contribution in [3.8, 4) is 0 Å². The molecule has 1 aromatic heterocycles. The molecule has 0 radical (unpaired) electrons. The molecule has 0 atom stereocenters. The second kappa shape index (κ2) is 7.11. The van der Waals surface area contributed by atoms with Crippen molar-refractivity contribution in [2.24, 2.45) is 12.8 Å². The van der Waals surface area contributed by atoms with Gasteiger partial charge < -0.3 is 15.6 Å². The Balaban J connectivity index is 2.45. The van der Waals surface area contributed by atoms with Gasteiger partial charge in [-0.05, 0) is 6.92 Å². The quantitative estimate of drug-likeness (QED) is 0.567. The summed E-state index contributed by atoms with van der Waals surface area (Å²) in [6, 6.07) is 0. The lowest BCUT2D eigenvalue weighted by molar-refractivity contribution is -0.122. The first kappa shape index (κ1) is 18.5. The number of halogens is 2. The highest BCUT2D eigenvalue weighted by molar-refractivity contribution is 7.89. The number of rotatable bonds is 8. The van der Waals surface area contributed by atoms with Crippen LogP contribution < -0.4 is 15.8 Å². The zero-order valence-electron chi connectivity index (χ0n) is 12.3. The van der Waals surface area contributed by atoms with E-state index in [1.807, 2.05) is 5.32 Å². The molecule has 0 bridgehead atoms. The summed E-state index contributed by atoms with van der Waals surface area (Å²) in [6.45, 7) is -0.338. The number of carbonyl (C=O) groups is 1. The number of aryl methyl sites for hydroxylation is 2. The standard InChI is InChI=1S/C11H19F2N5O3S/c1-8-17-10(5-18(8)2)22(20,21)16-4-3-9(19)15-7-11(12,13)6-14/h5,16H,3-4,6-7,14H2,1-2H3,(H,15,19). The van der Waals surface area contributed by atoms with E-state index in [1.165, 1.54) is 10.8 Å². The van der Waals surface area contributed by atoms with Gasteiger partial charge in [-0.3, -0.25) is 4.79 Å². The largest absolute Gasteiger partial charge is 0.350 e. The van der Waals surface area contributed by atoms with Crippen LogP contribution in [0, 0.1) is 6.92 Å². The van der Waals surface area contributed by atoms with Crippen molar-refractivity contribution in [1.82, 2.24) is 19.6 Å². The van der Waals surface area contributed by atoms with E-state index >= 15 is 0 Å². The fourth-order valence-corrected chi connectivity index (χ4v) is 2.48. The topological polar surface area (TPSA) is 119 Å². The van der Waals surface area contributed by atoms with Crippen LogP contribution in [0.15, 0.2) is 11.2 Å². The summed E-state index contributed by atoms with van der Waals surface area (Å²) in [4.78, 5) is 15.2. The first-order chi connectivity index (χ1) is 10.1. The Morgan fingerprint density at radius 1 is 1.50 bits per heavy atom. The molecule has 0 aliphatic carbocycles. The van der Waals surface area contributed by atoms with Crippen molar-refractivity contribution in [2.75, 3.05) is 19.6 Å².